The summed E-state index contributed by atoms with van der Waals surface area (Å²) in [4.78, 5) is 2.61. The zero-order valence-corrected chi connectivity index (χ0v) is 16.4. The Labute approximate surface area is 158 Å². The summed E-state index contributed by atoms with van der Waals surface area (Å²) < 4.78 is 3.22. The van der Waals surface area contributed by atoms with Gasteiger partial charge in [0.1, 0.15) is 5.82 Å². The number of halogens is 1. The van der Waals surface area contributed by atoms with Gasteiger partial charge in [-0.15, -0.1) is 0 Å². The van der Waals surface area contributed by atoms with Crippen molar-refractivity contribution in [3.05, 3.63) is 40.0 Å². The second-order valence-corrected chi connectivity index (χ2v) is 8.12. The summed E-state index contributed by atoms with van der Waals surface area (Å²) in [5.74, 6) is 1.21. The quantitative estimate of drug-likeness (QED) is 0.821. The number of hydrogen-bond acceptors (Lipinski definition) is 3. The summed E-state index contributed by atoms with van der Waals surface area (Å²) in [5, 5.41) is 8.68. The maximum absolute atomic E-state index is 5.04. The Morgan fingerprint density at radius 3 is 2.80 bits per heavy atom. The summed E-state index contributed by atoms with van der Waals surface area (Å²) in [7, 11) is 0. The fourth-order valence-corrected chi connectivity index (χ4v) is 4.40. The molecule has 0 aliphatic carbocycles. The third kappa shape index (κ3) is 3.93. The van der Waals surface area contributed by atoms with Crippen molar-refractivity contribution in [2.75, 3.05) is 31.5 Å². The molecule has 2 aliphatic heterocycles. The van der Waals surface area contributed by atoms with Crippen LogP contribution in [-0.4, -0.2) is 40.9 Å². The van der Waals surface area contributed by atoms with E-state index in [2.05, 4.69) is 55.1 Å². The molecule has 3 heterocycles. The Kier molecular flexibility index (Phi) is 5.42. The minimum Gasteiger partial charge on any atom is -0.370 e. The molecule has 0 spiro atoms. The molecule has 1 aromatic carbocycles. The molecule has 2 aliphatic rings. The lowest BCUT2D eigenvalue weighted by Crippen LogP contribution is -2.31. The SMILES string of the molecule is Brc1cccc(-n2nc(CCN3CCCCC3)c3c2NCCCC3)c1. The smallest absolute Gasteiger partial charge is 0.133 e. The topological polar surface area (TPSA) is 33.1 Å². The highest BCUT2D eigenvalue weighted by atomic mass is 79.9. The average Bonchev–Trinajstić information content (AvgIpc) is 2.81. The number of anilines is 1. The first-order valence-corrected chi connectivity index (χ1v) is 10.4. The van der Waals surface area contributed by atoms with E-state index in [9.17, 15) is 0 Å². The fraction of sp³-hybridized carbons (Fsp3) is 0.550. The number of likely N-dealkylation sites (tertiary alicyclic amines) is 1. The van der Waals surface area contributed by atoms with Crippen molar-refractivity contribution in [2.45, 2.75) is 44.9 Å². The van der Waals surface area contributed by atoms with Crippen molar-refractivity contribution in [3.8, 4) is 5.69 Å². The highest BCUT2D eigenvalue weighted by Gasteiger charge is 2.21. The Morgan fingerprint density at radius 1 is 1.08 bits per heavy atom. The lowest BCUT2D eigenvalue weighted by Gasteiger charge is -2.26. The van der Waals surface area contributed by atoms with Gasteiger partial charge in [-0.2, -0.15) is 5.10 Å². The number of hydrogen-bond donors (Lipinski definition) is 1. The minimum absolute atomic E-state index is 1.04. The summed E-state index contributed by atoms with van der Waals surface area (Å²) in [5.41, 5.74) is 3.86. The molecule has 4 nitrogen and oxygen atoms in total. The monoisotopic (exact) mass is 402 g/mol. The van der Waals surface area contributed by atoms with Gasteiger partial charge in [-0.25, -0.2) is 4.68 Å². The van der Waals surface area contributed by atoms with Crippen LogP contribution in [0, 0.1) is 0 Å². The fourth-order valence-electron chi connectivity index (χ4n) is 4.02. The maximum Gasteiger partial charge on any atom is 0.133 e. The Balaban J connectivity index is 1.62. The van der Waals surface area contributed by atoms with E-state index in [1.165, 1.54) is 62.3 Å². The van der Waals surface area contributed by atoms with Crippen LogP contribution < -0.4 is 5.32 Å². The summed E-state index contributed by atoms with van der Waals surface area (Å²) in [6, 6.07) is 8.43. The second kappa shape index (κ2) is 7.92. The van der Waals surface area contributed by atoms with Gasteiger partial charge in [0.15, 0.2) is 0 Å². The van der Waals surface area contributed by atoms with Crippen LogP contribution >= 0.6 is 15.9 Å². The van der Waals surface area contributed by atoms with Gasteiger partial charge >= 0.3 is 0 Å². The molecule has 1 N–H and O–H groups in total. The van der Waals surface area contributed by atoms with Crippen molar-refractivity contribution >= 4 is 21.7 Å². The Bertz CT molecular complexity index is 718. The first-order chi connectivity index (χ1) is 12.3. The zero-order chi connectivity index (χ0) is 17.1. The van der Waals surface area contributed by atoms with E-state index in [0.717, 1.165) is 36.1 Å². The highest BCUT2D eigenvalue weighted by molar-refractivity contribution is 9.10. The van der Waals surface area contributed by atoms with Crippen LogP contribution in [0.5, 0.6) is 0 Å². The number of nitrogens with one attached hydrogen (secondary N) is 1. The van der Waals surface area contributed by atoms with E-state index in [0.29, 0.717) is 0 Å². The van der Waals surface area contributed by atoms with Crippen molar-refractivity contribution in [2.24, 2.45) is 0 Å². The molecule has 25 heavy (non-hydrogen) atoms. The van der Waals surface area contributed by atoms with Gasteiger partial charge < -0.3 is 10.2 Å². The molecule has 134 valence electrons. The number of rotatable bonds is 4. The lowest BCUT2D eigenvalue weighted by atomic mass is 10.1. The van der Waals surface area contributed by atoms with Crippen LogP contribution in [0.2, 0.25) is 0 Å². The third-order valence-corrected chi connectivity index (χ3v) is 5.87. The molecule has 0 bridgehead atoms. The molecular formula is C20H27BrN4. The first-order valence-electron chi connectivity index (χ1n) is 9.64. The number of nitrogens with zero attached hydrogens (tertiary/aromatic N) is 3. The second-order valence-electron chi connectivity index (χ2n) is 7.20. The van der Waals surface area contributed by atoms with E-state index in [-0.39, 0.29) is 0 Å². The molecular weight excluding hydrogens is 376 g/mol. The van der Waals surface area contributed by atoms with Crippen LogP contribution in [0.3, 0.4) is 0 Å². The largest absolute Gasteiger partial charge is 0.370 e. The predicted molar refractivity (Wildman–Crippen MR) is 107 cm³/mol. The van der Waals surface area contributed by atoms with Crippen LogP contribution in [-0.2, 0) is 12.8 Å². The molecule has 0 saturated carbocycles. The number of aromatic nitrogens is 2. The molecule has 1 fully saturated rings. The first kappa shape index (κ1) is 17.1. The highest BCUT2D eigenvalue weighted by Crippen LogP contribution is 2.29. The van der Waals surface area contributed by atoms with Gasteiger partial charge in [0.25, 0.3) is 0 Å². The molecule has 0 amide bonds. The van der Waals surface area contributed by atoms with Gasteiger partial charge in [0.05, 0.1) is 11.4 Å². The van der Waals surface area contributed by atoms with E-state index >= 15 is 0 Å². The van der Waals surface area contributed by atoms with Gasteiger partial charge in [-0.1, -0.05) is 28.4 Å². The molecule has 5 heteroatoms. The Morgan fingerprint density at radius 2 is 1.96 bits per heavy atom. The molecule has 0 radical (unpaired) electrons. The summed E-state index contributed by atoms with van der Waals surface area (Å²) in [6.45, 7) is 4.69. The zero-order valence-electron chi connectivity index (χ0n) is 14.8. The van der Waals surface area contributed by atoms with Crippen LogP contribution in [0.25, 0.3) is 5.69 Å². The van der Waals surface area contributed by atoms with Crippen LogP contribution in [0.4, 0.5) is 5.82 Å². The summed E-state index contributed by atoms with van der Waals surface area (Å²) in [6.07, 6.45) is 8.79. The Hall–Kier alpha value is -1.33. The van der Waals surface area contributed by atoms with Gasteiger partial charge in [-0.3, -0.25) is 0 Å². The average molecular weight is 403 g/mol. The molecule has 4 rings (SSSR count). The number of fused-ring (bicyclic) bond motifs is 1. The molecule has 2 aromatic rings. The maximum atomic E-state index is 5.04. The van der Waals surface area contributed by atoms with Gasteiger partial charge in [0, 0.05) is 29.5 Å². The molecule has 0 unspecified atom stereocenters. The number of piperidine rings is 1. The predicted octanol–water partition coefficient (Wildman–Crippen LogP) is 4.41. The van der Waals surface area contributed by atoms with Gasteiger partial charge in [-0.05, 0) is 63.4 Å². The van der Waals surface area contributed by atoms with E-state index in [4.69, 9.17) is 5.10 Å². The molecule has 1 saturated heterocycles. The normalized spacial score (nSPS) is 18.4. The number of benzene rings is 1. The standard InChI is InChI=1S/C20H27BrN4/c21-16-7-6-8-17(15-16)25-20-18(9-2-3-11-22-20)19(23-25)10-14-24-12-4-1-5-13-24/h6-8,15,22H,1-5,9-14H2. The van der Waals surface area contributed by atoms with Crippen molar-refractivity contribution in [1.82, 2.24) is 14.7 Å². The van der Waals surface area contributed by atoms with Crippen LogP contribution in [0.1, 0.15) is 43.4 Å². The van der Waals surface area contributed by atoms with E-state index in [1.807, 2.05) is 0 Å². The van der Waals surface area contributed by atoms with Crippen molar-refractivity contribution in [3.63, 3.8) is 0 Å². The third-order valence-electron chi connectivity index (χ3n) is 5.38. The van der Waals surface area contributed by atoms with E-state index < -0.39 is 0 Å². The van der Waals surface area contributed by atoms with Crippen LogP contribution in [0.15, 0.2) is 28.7 Å². The van der Waals surface area contributed by atoms with E-state index in [1.54, 1.807) is 0 Å². The van der Waals surface area contributed by atoms with Crippen molar-refractivity contribution < 1.29 is 0 Å². The lowest BCUT2D eigenvalue weighted by molar-refractivity contribution is 0.230. The minimum atomic E-state index is 1.04. The molecule has 0 atom stereocenters. The summed E-state index contributed by atoms with van der Waals surface area (Å²) >= 11 is 3.59. The molecule has 1 aromatic heterocycles. The van der Waals surface area contributed by atoms with Crippen molar-refractivity contribution in [1.29, 1.82) is 0 Å². The van der Waals surface area contributed by atoms with Gasteiger partial charge in [0.2, 0.25) is 0 Å².